The average molecular weight is 278 g/mol. The van der Waals surface area contributed by atoms with E-state index in [-0.39, 0.29) is 6.61 Å². The second kappa shape index (κ2) is 4.82. The van der Waals surface area contributed by atoms with Crippen LogP contribution in [0.4, 0.5) is 0 Å². The summed E-state index contributed by atoms with van der Waals surface area (Å²) in [4.78, 5) is 4.30. The molecule has 4 unspecified atom stereocenters. The van der Waals surface area contributed by atoms with E-state index in [1.165, 1.54) is 0 Å². The van der Waals surface area contributed by atoms with Gasteiger partial charge < -0.3 is 24.6 Å². The van der Waals surface area contributed by atoms with Crippen molar-refractivity contribution in [1.29, 1.82) is 0 Å². The summed E-state index contributed by atoms with van der Waals surface area (Å²) in [7, 11) is 0. The first-order chi connectivity index (χ1) is 9.52. The van der Waals surface area contributed by atoms with Gasteiger partial charge in [-0.2, -0.15) is 0 Å². The van der Waals surface area contributed by atoms with Crippen LogP contribution in [0.3, 0.4) is 0 Å². The Balaban J connectivity index is 2.05. The van der Waals surface area contributed by atoms with Crippen molar-refractivity contribution in [1.82, 2.24) is 9.55 Å². The standard InChI is InChI=1S/C14H18N2O4/c1-7-3-9-10(4-8(7)2)16(6-15-9)14-13(19)12(18)11(5-17)20-14/h3-4,6,11-14,17-19H,5H2,1-2H3. The third kappa shape index (κ3) is 1.92. The lowest BCUT2D eigenvalue weighted by molar-refractivity contribution is -0.0508. The van der Waals surface area contributed by atoms with Crippen LogP contribution >= 0.6 is 0 Å². The van der Waals surface area contributed by atoms with Crippen LogP contribution in [0.5, 0.6) is 0 Å². The maximum atomic E-state index is 10.1. The van der Waals surface area contributed by atoms with Crippen molar-refractivity contribution in [2.45, 2.75) is 38.4 Å². The number of fused-ring (bicyclic) bond motifs is 1. The molecule has 4 atom stereocenters. The molecule has 0 bridgehead atoms. The van der Waals surface area contributed by atoms with Gasteiger partial charge in [-0.3, -0.25) is 0 Å². The molecule has 0 saturated carbocycles. The molecule has 2 aromatic rings. The lowest BCUT2D eigenvalue weighted by Crippen LogP contribution is -2.33. The molecule has 6 heteroatoms. The highest BCUT2D eigenvalue weighted by Crippen LogP contribution is 2.32. The van der Waals surface area contributed by atoms with Gasteiger partial charge in [-0.15, -0.1) is 0 Å². The van der Waals surface area contributed by atoms with Crippen LogP contribution in [-0.2, 0) is 4.74 Å². The second-order valence-electron chi connectivity index (χ2n) is 5.31. The Kier molecular flexibility index (Phi) is 3.25. The van der Waals surface area contributed by atoms with E-state index < -0.39 is 24.5 Å². The molecular formula is C14H18N2O4. The Hall–Kier alpha value is -1.47. The average Bonchev–Trinajstić information content (AvgIpc) is 2.94. The van der Waals surface area contributed by atoms with Gasteiger partial charge in [0.05, 0.1) is 24.0 Å². The van der Waals surface area contributed by atoms with Gasteiger partial charge in [0.2, 0.25) is 0 Å². The number of imidazole rings is 1. The largest absolute Gasteiger partial charge is 0.394 e. The van der Waals surface area contributed by atoms with Gasteiger partial charge in [-0.05, 0) is 37.1 Å². The van der Waals surface area contributed by atoms with Crippen LogP contribution < -0.4 is 0 Å². The Bertz CT molecular complexity index is 639. The molecule has 0 aliphatic carbocycles. The predicted octanol–water partition coefficient (Wildman–Crippen LogP) is 0.265. The molecule has 3 rings (SSSR count). The number of aliphatic hydroxyl groups is 3. The van der Waals surface area contributed by atoms with Gasteiger partial charge in [0.1, 0.15) is 18.3 Å². The van der Waals surface area contributed by atoms with Crippen LogP contribution in [0.15, 0.2) is 18.5 Å². The molecule has 1 aliphatic rings. The first kappa shape index (κ1) is 13.5. The summed E-state index contributed by atoms with van der Waals surface area (Å²) in [6.45, 7) is 3.68. The lowest BCUT2D eigenvalue weighted by atomic mass is 10.1. The molecule has 3 N–H and O–H groups in total. The van der Waals surface area contributed by atoms with Gasteiger partial charge in [-0.1, -0.05) is 0 Å². The van der Waals surface area contributed by atoms with E-state index in [2.05, 4.69) is 4.98 Å². The molecule has 6 nitrogen and oxygen atoms in total. The maximum absolute atomic E-state index is 10.1. The summed E-state index contributed by atoms with van der Waals surface area (Å²) in [6.07, 6.45) is -2.13. The highest BCUT2D eigenvalue weighted by Gasteiger charge is 2.43. The monoisotopic (exact) mass is 278 g/mol. The van der Waals surface area contributed by atoms with Crippen LogP contribution in [-0.4, -0.2) is 49.8 Å². The Morgan fingerprint density at radius 1 is 1.20 bits per heavy atom. The SMILES string of the molecule is Cc1cc2ncn(C3OC(CO)C(O)C3O)c2cc1C. The van der Waals surface area contributed by atoms with E-state index in [1.54, 1.807) is 10.9 Å². The van der Waals surface area contributed by atoms with Gasteiger partial charge in [0, 0.05) is 0 Å². The number of aryl methyl sites for hydroxylation is 2. The number of hydrogen-bond donors (Lipinski definition) is 3. The summed E-state index contributed by atoms with van der Waals surface area (Å²) in [6, 6.07) is 3.95. The summed E-state index contributed by atoms with van der Waals surface area (Å²) in [5.74, 6) is 0. The quantitative estimate of drug-likeness (QED) is 0.733. The van der Waals surface area contributed by atoms with E-state index in [4.69, 9.17) is 9.84 Å². The fourth-order valence-electron chi connectivity index (χ4n) is 2.60. The van der Waals surface area contributed by atoms with E-state index in [0.29, 0.717) is 0 Å². The van der Waals surface area contributed by atoms with Crippen LogP contribution in [0, 0.1) is 13.8 Å². The van der Waals surface area contributed by atoms with Crippen molar-refractivity contribution in [2.75, 3.05) is 6.61 Å². The van der Waals surface area contributed by atoms with E-state index in [0.717, 1.165) is 22.2 Å². The topological polar surface area (TPSA) is 87.7 Å². The van der Waals surface area contributed by atoms with E-state index in [9.17, 15) is 10.2 Å². The van der Waals surface area contributed by atoms with Crippen LogP contribution in [0.1, 0.15) is 17.4 Å². The molecule has 1 fully saturated rings. The highest BCUT2D eigenvalue weighted by atomic mass is 16.6. The van der Waals surface area contributed by atoms with Crippen molar-refractivity contribution in [3.05, 3.63) is 29.6 Å². The van der Waals surface area contributed by atoms with Crippen molar-refractivity contribution in [2.24, 2.45) is 0 Å². The third-order valence-electron chi connectivity index (χ3n) is 3.98. The fraction of sp³-hybridized carbons (Fsp3) is 0.500. The third-order valence-corrected chi connectivity index (χ3v) is 3.98. The second-order valence-corrected chi connectivity index (χ2v) is 5.31. The normalized spacial score (nSPS) is 30.2. The van der Waals surface area contributed by atoms with Crippen molar-refractivity contribution in [3.63, 3.8) is 0 Å². The first-order valence-corrected chi connectivity index (χ1v) is 6.59. The number of ether oxygens (including phenoxy) is 1. The summed E-state index contributed by atoms with van der Waals surface area (Å²) in [5, 5.41) is 29.1. The first-order valence-electron chi connectivity index (χ1n) is 6.59. The molecular weight excluding hydrogens is 260 g/mol. The van der Waals surface area contributed by atoms with Crippen molar-refractivity contribution >= 4 is 11.0 Å². The van der Waals surface area contributed by atoms with Gasteiger partial charge in [0.25, 0.3) is 0 Å². The van der Waals surface area contributed by atoms with Gasteiger partial charge in [-0.25, -0.2) is 4.98 Å². The maximum Gasteiger partial charge on any atom is 0.164 e. The zero-order valence-electron chi connectivity index (χ0n) is 11.4. The molecule has 1 aliphatic heterocycles. The van der Waals surface area contributed by atoms with Gasteiger partial charge in [0.15, 0.2) is 6.23 Å². The molecule has 0 spiro atoms. The molecule has 2 heterocycles. The Morgan fingerprint density at radius 3 is 2.55 bits per heavy atom. The number of rotatable bonds is 2. The summed E-state index contributed by atoms with van der Waals surface area (Å²) >= 11 is 0. The van der Waals surface area contributed by atoms with E-state index >= 15 is 0 Å². The number of aromatic nitrogens is 2. The van der Waals surface area contributed by atoms with Crippen molar-refractivity contribution < 1.29 is 20.1 Å². The van der Waals surface area contributed by atoms with Crippen LogP contribution in [0.2, 0.25) is 0 Å². The summed E-state index contributed by atoms with van der Waals surface area (Å²) < 4.78 is 7.23. The molecule has 1 aromatic carbocycles. The number of aliphatic hydroxyl groups excluding tert-OH is 3. The minimum Gasteiger partial charge on any atom is -0.394 e. The van der Waals surface area contributed by atoms with E-state index in [1.807, 2.05) is 26.0 Å². The number of benzene rings is 1. The number of hydrogen-bond acceptors (Lipinski definition) is 5. The zero-order valence-corrected chi connectivity index (χ0v) is 11.4. The molecule has 20 heavy (non-hydrogen) atoms. The number of nitrogens with zero attached hydrogens (tertiary/aromatic N) is 2. The Morgan fingerprint density at radius 2 is 1.90 bits per heavy atom. The fourth-order valence-corrected chi connectivity index (χ4v) is 2.60. The van der Waals surface area contributed by atoms with Crippen molar-refractivity contribution in [3.8, 4) is 0 Å². The zero-order chi connectivity index (χ0) is 14.4. The summed E-state index contributed by atoms with van der Waals surface area (Å²) in [5.41, 5.74) is 3.91. The molecule has 0 radical (unpaired) electrons. The van der Waals surface area contributed by atoms with Gasteiger partial charge >= 0.3 is 0 Å². The Labute approximate surface area is 116 Å². The highest BCUT2D eigenvalue weighted by molar-refractivity contribution is 5.77. The minimum atomic E-state index is -1.10. The molecule has 1 saturated heterocycles. The molecule has 0 amide bonds. The molecule has 1 aromatic heterocycles. The lowest BCUT2D eigenvalue weighted by Gasteiger charge is -2.17. The predicted molar refractivity (Wildman–Crippen MR) is 72.2 cm³/mol. The molecule has 108 valence electrons. The van der Waals surface area contributed by atoms with Crippen LogP contribution in [0.25, 0.3) is 11.0 Å². The smallest absolute Gasteiger partial charge is 0.164 e. The minimum absolute atomic E-state index is 0.334.